The Morgan fingerprint density at radius 1 is 1.11 bits per heavy atom. The second kappa shape index (κ2) is 7.41. The van der Waals surface area contributed by atoms with Crippen molar-refractivity contribution in [2.45, 2.75) is 17.9 Å². The summed E-state index contributed by atoms with van der Waals surface area (Å²) < 4.78 is 26.6. The summed E-state index contributed by atoms with van der Waals surface area (Å²) in [6.45, 7) is 1.07. The van der Waals surface area contributed by atoms with E-state index in [-0.39, 0.29) is 5.69 Å². The van der Waals surface area contributed by atoms with E-state index in [1.807, 2.05) is 0 Å². The molecule has 10 nitrogen and oxygen atoms in total. The maximum Gasteiger partial charge on any atom is 0.337 e. The summed E-state index contributed by atoms with van der Waals surface area (Å²) in [7, 11) is -4.63. The first-order valence-electron chi connectivity index (χ1n) is 7.41. The van der Waals surface area contributed by atoms with Gasteiger partial charge in [0.25, 0.3) is 15.7 Å². The van der Waals surface area contributed by atoms with Crippen LogP contribution in [0.25, 0.3) is 0 Å². The number of non-ortho nitro benzene ring substituents is 1. The highest BCUT2D eigenvalue weighted by Crippen LogP contribution is 2.30. The molecule has 2 aromatic rings. The van der Waals surface area contributed by atoms with E-state index in [0.717, 1.165) is 43.3 Å². The molecule has 0 aliphatic carbocycles. The van der Waals surface area contributed by atoms with Crippen molar-refractivity contribution in [2.24, 2.45) is 0 Å². The van der Waals surface area contributed by atoms with Gasteiger partial charge in [-0.1, -0.05) is 18.2 Å². The van der Waals surface area contributed by atoms with Crippen molar-refractivity contribution in [3.8, 4) is 0 Å². The second-order valence-corrected chi connectivity index (χ2v) is 7.21. The van der Waals surface area contributed by atoms with Crippen LogP contribution in [0.2, 0.25) is 0 Å². The smallest absolute Gasteiger partial charge is 0.337 e. The molecule has 0 saturated carbocycles. The van der Waals surface area contributed by atoms with E-state index in [1.165, 1.54) is 12.1 Å². The van der Waals surface area contributed by atoms with Crippen LogP contribution in [-0.4, -0.2) is 41.5 Å². The predicted molar refractivity (Wildman–Crippen MR) is 93.3 cm³/mol. The van der Waals surface area contributed by atoms with Crippen molar-refractivity contribution in [3.63, 3.8) is 0 Å². The summed E-state index contributed by atoms with van der Waals surface area (Å²) in [6.07, 6.45) is 0. The van der Waals surface area contributed by atoms with Gasteiger partial charge in [0.05, 0.1) is 21.1 Å². The van der Waals surface area contributed by atoms with Crippen LogP contribution in [-0.2, 0) is 14.8 Å². The molecule has 1 atom stereocenters. The van der Waals surface area contributed by atoms with Gasteiger partial charge in [-0.05, 0) is 25.1 Å². The van der Waals surface area contributed by atoms with Crippen LogP contribution in [0.5, 0.6) is 0 Å². The molecule has 1 unspecified atom stereocenters. The van der Waals surface area contributed by atoms with E-state index in [0.29, 0.717) is 4.31 Å². The van der Waals surface area contributed by atoms with Crippen LogP contribution in [0.4, 0.5) is 11.4 Å². The number of nitrogens with zero attached hydrogens (tertiary/aromatic N) is 2. The standard InChI is InChI=1S/C16H14N2O8S/c1-10(15(19)20)17(14-8-3-2-7-13(14)16(21)22)27(25,26)12-6-4-5-11(9-12)18(23)24/h2-10H,1H3,(H,19,20)(H,21,22). The first-order chi connectivity index (χ1) is 12.6. The number of hydrogen-bond donors (Lipinski definition) is 2. The summed E-state index contributed by atoms with van der Waals surface area (Å²) >= 11 is 0. The molecule has 2 rings (SSSR count). The Morgan fingerprint density at radius 3 is 2.30 bits per heavy atom. The van der Waals surface area contributed by atoms with Gasteiger partial charge in [-0.2, -0.15) is 0 Å². The quantitative estimate of drug-likeness (QED) is 0.533. The number of carboxylic acids is 2. The van der Waals surface area contributed by atoms with E-state index in [9.17, 15) is 38.3 Å². The number of rotatable bonds is 7. The van der Waals surface area contributed by atoms with Gasteiger partial charge in [0.15, 0.2) is 0 Å². The summed E-state index contributed by atoms with van der Waals surface area (Å²) in [6, 6.07) is 7.37. The number of aromatic carboxylic acids is 1. The van der Waals surface area contributed by atoms with Crippen molar-refractivity contribution in [1.82, 2.24) is 0 Å². The summed E-state index contributed by atoms with van der Waals surface area (Å²) in [5.74, 6) is -2.98. The average molecular weight is 394 g/mol. The fourth-order valence-corrected chi connectivity index (χ4v) is 4.04. The Bertz CT molecular complexity index is 1020. The minimum atomic E-state index is -4.63. The van der Waals surface area contributed by atoms with Crippen LogP contribution >= 0.6 is 0 Å². The highest BCUT2D eigenvalue weighted by Gasteiger charge is 2.36. The van der Waals surface area contributed by atoms with E-state index >= 15 is 0 Å². The van der Waals surface area contributed by atoms with Crippen molar-refractivity contribution in [2.75, 3.05) is 4.31 Å². The van der Waals surface area contributed by atoms with E-state index in [1.54, 1.807) is 0 Å². The molecule has 0 radical (unpaired) electrons. The maximum atomic E-state index is 13.1. The fraction of sp³-hybridized carbons (Fsp3) is 0.125. The molecule has 0 spiro atoms. The zero-order valence-electron chi connectivity index (χ0n) is 13.8. The number of anilines is 1. The molecule has 27 heavy (non-hydrogen) atoms. The molecule has 11 heteroatoms. The maximum absolute atomic E-state index is 13.1. The molecule has 2 aromatic carbocycles. The van der Waals surface area contributed by atoms with Crippen LogP contribution < -0.4 is 4.31 Å². The Labute approximate surface area is 153 Å². The van der Waals surface area contributed by atoms with Crippen LogP contribution in [0.1, 0.15) is 17.3 Å². The average Bonchev–Trinajstić information content (AvgIpc) is 2.61. The third-order valence-corrected chi connectivity index (χ3v) is 5.55. The van der Waals surface area contributed by atoms with E-state index in [2.05, 4.69) is 0 Å². The lowest BCUT2D eigenvalue weighted by molar-refractivity contribution is -0.385. The van der Waals surface area contributed by atoms with Gasteiger partial charge in [-0.15, -0.1) is 0 Å². The Hall–Kier alpha value is -3.47. The number of sulfonamides is 1. The lowest BCUT2D eigenvalue weighted by Gasteiger charge is -2.29. The number of carboxylic acid groups (broad SMARTS) is 2. The van der Waals surface area contributed by atoms with Gasteiger partial charge in [-0.25, -0.2) is 18.0 Å². The largest absolute Gasteiger partial charge is 0.480 e. The number of benzene rings is 2. The molecule has 0 aliphatic rings. The van der Waals surface area contributed by atoms with Crippen LogP contribution in [0.3, 0.4) is 0 Å². The third-order valence-electron chi connectivity index (χ3n) is 3.67. The zero-order valence-corrected chi connectivity index (χ0v) is 14.7. The number of nitro groups is 1. The predicted octanol–water partition coefficient (Wildman–Crippen LogP) is 1.96. The highest BCUT2D eigenvalue weighted by molar-refractivity contribution is 7.93. The zero-order chi connectivity index (χ0) is 20.4. The van der Waals surface area contributed by atoms with Crippen LogP contribution in [0, 0.1) is 10.1 Å². The molecular weight excluding hydrogens is 380 g/mol. The first kappa shape index (κ1) is 19.8. The molecule has 0 amide bonds. The van der Waals surface area contributed by atoms with Crippen LogP contribution in [0.15, 0.2) is 53.4 Å². The third kappa shape index (κ3) is 3.87. The number of carbonyl (C=O) groups is 2. The second-order valence-electron chi connectivity index (χ2n) is 5.39. The molecule has 0 bridgehead atoms. The summed E-state index contributed by atoms with van der Waals surface area (Å²) in [4.78, 5) is 32.6. The normalized spacial score (nSPS) is 12.2. The number of para-hydroxylation sites is 1. The van der Waals surface area contributed by atoms with Crippen molar-refractivity contribution in [3.05, 3.63) is 64.2 Å². The molecule has 0 saturated heterocycles. The molecule has 0 aromatic heterocycles. The van der Waals surface area contributed by atoms with Crippen molar-refractivity contribution < 1.29 is 33.1 Å². The minimum Gasteiger partial charge on any atom is -0.480 e. The Kier molecular flexibility index (Phi) is 5.45. The monoisotopic (exact) mass is 394 g/mol. The van der Waals surface area contributed by atoms with Crippen molar-refractivity contribution in [1.29, 1.82) is 0 Å². The molecule has 0 fully saturated rings. The number of hydrogen-bond acceptors (Lipinski definition) is 6. The fourth-order valence-electron chi connectivity index (χ4n) is 2.36. The lowest BCUT2D eigenvalue weighted by atomic mass is 10.1. The highest BCUT2D eigenvalue weighted by atomic mass is 32.2. The van der Waals surface area contributed by atoms with Gasteiger partial charge < -0.3 is 10.2 Å². The lowest BCUT2D eigenvalue weighted by Crippen LogP contribution is -2.44. The molecule has 142 valence electrons. The first-order valence-corrected chi connectivity index (χ1v) is 8.85. The molecule has 0 heterocycles. The van der Waals surface area contributed by atoms with Gasteiger partial charge in [-0.3, -0.25) is 14.4 Å². The Morgan fingerprint density at radius 2 is 1.74 bits per heavy atom. The van der Waals surface area contributed by atoms with E-state index in [4.69, 9.17) is 0 Å². The van der Waals surface area contributed by atoms with Gasteiger partial charge in [0, 0.05) is 12.1 Å². The number of nitro benzene ring substituents is 1. The van der Waals surface area contributed by atoms with Crippen molar-refractivity contribution >= 4 is 33.3 Å². The SMILES string of the molecule is CC(C(=O)O)N(c1ccccc1C(=O)O)S(=O)(=O)c1cccc([N+](=O)[O-])c1. The van der Waals surface area contributed by atoms with E-state index < -0.39 is 49.1 Å². The summed E-state index contributed by atoms with van der Waals surface area (Å²) in [5.41, 5.74) is -1.31. The molecule has 0 aliphatic heterocycles. The van der Waals surface area contributed by atoms with Gasteiger partial charge in [0.2, 0.25) is 0 Å². The molecular formula is C16H14N2O8S. The van der Waals surface area contributed by atoms with Gasteiger partial charge >= 0.3 is 11.9 Å². The minimum absolute atomic E-state index is 0.369. The Balaban J connectivity index is 2.75. The summed E-state index contributed by atoms with van der Waals surface area (Å²) in [5, 5.41) is 29.6. The number of aliphatic carboxylic acids is 1. The molecule has 2 N–H and O–H groups in total. The topological polar surface area (TPSA) is 155 Å². The van der Waals surface area contributed by atoms with Gasteiger partial charge in [0.1, 0.15) is 6.04 Å².